The Morgan fingerprint density at radius 3 is 2.13 bits per heavy atom. The number of hydrogen-bond acceptors (Lipinski definition) is 4. The van der Waals surface area contributed by atoms with Crippen molar-refractivity contribution in [3.05, 3.63) is 100 Å². The van der Waals surface area contributed by atoms with Gasteiger partial charge in [-0.15, -0.1) is 0 Å². The van der Waals surface area contributed by atoms with Crippen LogP contribution in [0.25, 0.3) is 0 Å². The van der Waals surface area contributed by atoms with Crippen LogP contribution >= 0.6 is 15.9 Å². The molecule has 0 aromatic heterocycles. The molecule has 3 rings (SSSR count). The molecule has 1 N–H and O–H groups in total. The summed E-state index contributed by atoms with van der Waals surface area (Å²) in [6.07, 6.45) is 2.09. The van der Waals surface area contributed by atoms with E-state index in [0.717, 1.165) is 33.7 Å². The second kappa shape index (κ2) is 13.8. The van der Waals surface area contributed by atoms with Crippen LogP contribution in [0.2, 0.25) is 0 Å². The van der Waals surface area contributed by atoms with Gasteiger partial charge in [0.25, 0.3) is 0 Å². The van der Waals surface area contributed by atoms with E-state index in [1.54, 1.807) is 24.3 Å². The molecule has 0 bridgehead atoms. The number of anilines is 1. The van der Waals surface area contributed by atoms with E-state index >= 15 is 0 Å². The molecule has 0 radical (unpaired) electrons. The van der Waals surface area contributed by atoms with Gasteiger partial charge in [-0.2, -0.15) is 0 Å². The lowest BCUT2D eigenvalue weighted by Gasteiger charge is -2.34. The topological polar surface area (TPSA) is 86.8 Å². The standard InChI is InChI=1S/C30H36BrN3O4S/c1-5-23(3)32-30(36)28(19-24-11-7-6-8-12-24)33(20-25-17-15-22(2)16-18-25)29(35)21-34(39(4,37)38)27-14-10-9-13-26(27)31/h6-18,23,28H,5,19-21H2,1-4H3,(H,32,36)/t23-,28-/m1/s1. The fourth-order valence-electron chi connectivity index (χ4n) is 4.13. The van der Waals surface area contributed by atoms with Gasteiger partial charge in [-0.25, -0.2) is 8.42 Å². The number of halogens is 1. The Morgan fingerprint density at radius 1 is 0.923 bits per heavy atom. The first-order chi connectivity index (χ1) is 18.5. The Hall–Kier alpha value is -3.17. The van der Waals surface area contributed by atoms with Crippen LogP contribution < -0.4 is 9.62 Å². The number of nitrogens with one attached hydrogen (secondary N) is 1. The van der Waals surface area contributed by atoms with Crippen LogP contribution in [-0.4, -0.2) is 50.0 Å². The Bertz CT molecular complexity index is 1360. The quantitative estimate of drug-likeness (QED) is 0.309. The van der Waals surface area contributed by atoms with E-state index in [1.165, 1.54) is 4.90 Å². The lowest BCUT2D eigenvalue weighted by molar-refractivity contribution is -0.140. The van der Waals surface area contributed by atoms with Gasteiger partial charge in [-0.3, -0.25) is 13.9 Å². The zero-order chi connectivity index (χ0) is 28.6. The maximum Gasteiger partial charge on any atom is 0.244 e. The normalized spacial score (nSPS) is 12.8. The third-order valence-electron chi connectivity index (χ3n) is 6.55. The van der Waals surface area contributed by atoms with E-state index in [9.17, 15) is 18.0 Å². The van der Waals surface area contributed by atoms with Crippen LogP contribution in [0.5, 0.6) is 0 Å². The van der Waals surface area contributed by atoms with E-state index in [4.69, 9.17) is 0 Å². The van der Waals surface area contributed by atoms with Crippen molar-refractivity contribution in [3.8, 4) is 0 Å². The molecule has 0 saturated carbocycles. The summed E-state index contributed by atoms with van der Waals surface area (Å²) in [5.41, 5.74) is 3.17. The first-order valence-electron chi connectivity index (χ1n) is 12.9. The number of aryl methyl sites for hydroxylation is 1. The number of hydrogen-bond donors (Lipinski definition) is 1. The van der Waals surface area contributed by atoms with Crippen LogP contribution in [0.15, 0.2) is 83.3 Å². The average Bonchev–Trinajstić information content (AvgIpc) is 2.90. The fourth-order valence-corrected chi connectivity index (χ4v) is 5.61. The minimum atomic E-state index is -3.82. The molecule has 39 heavy (non-hydrogen) atoms. The summed E-state index contributed by atoms with van der Waals surface area (Å²) in [7, 11) is -3.82. The van der Waals surface area contributed by atoms with Crippen molar-refractivity contribution in [1.82, 2.24) is 10.2 Å². The lowest BCUT2D eigenvalue weighted by atomic mass is 10.0. The summed E-state index contributed by atoms with van der Waals surface area (Å²) in [5, 5.41) is 3.03. The van der Waals surface area contributed by atoms with Crippen LogP contribution in [0.3, 0.4) is 0 Å². The highest BCUT2D eigenvalue weighted by molar-refractivity contribution is 9.10. The van der Waals surface area contributed by atoms with Crippen LogP contribution in [0.1, 0.15) is 37.0 Å². The van der Waals surface area contributed by atoms with Gasteiger partial charge in [-0.05, 0) is 59.5 Å². The molecule has 0 heterocycles. The largest absolute Gasteiger partial charge is 0.352 e. The number of carbonyl (C=O) groups excluding carboxylic acids is 2. The van der Waals surface area contributed by atoms with Crippen LogP contribution in [0.4, 0.5) is 5.69 Å². The van der Waals surface area contributed by atoms with Crippen molar-refractivity contribution < 1.29 is 18.0 Å². The predicted octanol–water partition coefficient (Wildman–Crippen LogP) is 5.08. The molecule has 0 saturated heterocycles. The van der Waals surface area contributed by atoms with Crippen molar-refractivity contribution in [3.63, 3.8) is 0 Å². The summed E-state index contributed by atoms with van der Waals surface area (Å²) < 4.78 is 27.4. The third kappa shape index (κ3) is 8.66. The van der Waals surface area contributed by atoms with Crippen molar-refractivity contribution in [1.29, 1.82) is 0 Å². The van der Waals surface area contributed by atoms with Gasteiger partial charge in [0.15, 0.2) is 0 Å². The molecule has 0 aliphatic heterocycles. The SMILES string of the molecule is CC[C@@H](C)NC(=O)[C@@H](Cc1ccccc1)N(Cc1ccc(C)cc1)C(=O)CN(c1ccccc1Br)S(C)(=O)=O. The predicted molar refractivity (Wildman–Crippen MR) is 160 cm³/mol. The lowest BCUT2D eigenvalue weighted by Crippen LogP contribution is -2.54. The van der Waals surface area contributed by atoms with Gasteiger partial charge in [-0.1, -0.05) is 79.2 Å². The van der Waals surface area contributed by atoms with E-state index in [2.05, 4.69) is 21.2 Å². The molecule has 3 aromatic rings. The molecule has 2 atom stereocenters. The van der Waals surface area contributed by atoms with Crippen LogP contribution in [-0.2, 0) is 32.6 Å². The number of benzene rings is 3. The van der Waals surface area contributed by atoms with Crippen LogP contribution in [0, 0.1) is 6.92 Å². The molecule has 0 spiro atoms. The summed E-state index contributed by atoms with van der Waals surface area (Å²) >= 11 is 3.41. The Balaban J connectivity index is 2.06. The van der Waals surface area contributed by atoms with Crippen molar-refractivity contribution in [2.45, 2.75) is 52.2 Å². The number of amides is 2. The smallest absolute Gasteiger partial charge is 0.244 e. The molecular formula is C30H36BrN3O4S. The number of rotatable bonds is 12. The third-order valence-corrected chi connectivity index (χ3v) is 8.34. The van der Waals surface area contributed by atoms with Gasteiger partial charge >= 0.3 is 0 Å². The highest BCUT2D eigenvalue weighted by atomic mass is 79.9. The minimum absolute atomic E-state index is 0.0834. The maximum absolute atomic E-state index is 14.1. The molecule has 0 fully saturated rings. The van der Waals surface area contributed by atoms with Crippen molar-refractivity contribution >= 4 is 43.5 Å². The van der Waals surface area contributed by atoms with Gasteiger partial charge in [0, 0.05) is 23.5 Å². The molecule has 208 valence electrons. The zero-order valence-corrected chi connectivity index (χ0v) is 25.2. The summed E-state index contributed by atoms with van der Waals surface area (Å²) in [6.45, 7) is 5.58. The maximum atomic E-state index is 14.1. The zero-order valence-electron chi connectivity index (χ0n) is 22.8. The summed E-state index contributed by atoms with van der Waals surface area (Å²) in [4.78, 5) is 29.2. The first-order valence-corrected chi connectivity index (χ1v) is 15.5. The Labute approximate surface area is 240 Å². The molecular weight excluding hydrogens is 578 g/mol. The summed E-state index contributed by atoms with van der Waals surface area (Å²) in [6, 6.07) is 23.2. The average molecular weight is 615 g/mol. The van der Waals surface area contributed by atoms with Gasteiger partial charge in [0.05, 0.1) is 11.9 Å². The molecule has 9 heteroatoms. The Morgan fingerprint density at radius 2 is 1.54 bits per heavy atom. The molecule has 0 aliphatic carbocycles. The van der Waals surface area contributed by atoms with E-state index < -0.39 is 28.5 Å². The highest BCUT2D eigenvalue weighted by Gasteiger charge is 2.33. The monoisotopic (exact) mass is 613 g/mol. The van der Waals surface area contributed by atoms with Crippen molar-refractivity contribution in [2.24, 2.45) is 0 Å². The van der Waals surface area contributed by atoms with E-state index in [0.29, 0.717) is 10.2 Å². The molecule has 7 nitrogen and oxygen atoms in total. The number of sulfonamides is 1. The summed E-state index contributed by atoms with van der Waals surface area (Å²) in [5.74, 6) is -0.752. The van der Waals surface area contributed by atoms with E-state index in [1.807, 2.05) is 75.4 Å². The van der Waals surface area contributed by atoms with Gasteiger partial charge < -0.3 is 10.2 Å². The van der Waals surface area contributed by atoms with Crippen molar-refractivity contribution in [2.75, 3.05) is 17.1 Å². The fraction of sp³-hybridized carbons (Fsp3) is 0.333. The molecule has 3 aromatic carbocycles. The molecule has 0 unspecified atom stereocenters. The molecule has 0 aliphatic rings. The second-order valence-electron chi connectivity index (χ2n) is 9.75. The minimum Gasteiger partial charge on any atom is -0.352 e. The number of carbonyl (C=O) groups is 2. The second-order valence-corrected chi connectivity index (χ2v) is 12.5. The molecule has 2 amide bonds. The number of para-hydroxylation sites is 1. The highest BCUT2D eigenvalue weighted by Crippen LogP contribution is 2.28. The van der Waals surface area contributed by atoms with Gasteiger partial charge in [0.1, 0.15) is 12.6 Å². The first kappa shape index (κ1) is 30.4. The Kier molecular flexibility index (Phi) is 10.7. The number of nitrogens with zero attached hydrogens (tertiary/aromatic N) is 2. The van der Waals surface area contributed by atoms with Gasteiger partial charge in [0.2, 0.25) is 21.8 Å². The van der Waals surface area contributed by atoms with E-state index in [-0.39, 0.29) is 24.9 Å².